The summed E-state index contributed by atoms with van der Waals surface area (Å²) in [6.45, 7) is 4.62. The van der Waals surface area contributed by atoms with Crippen LogP contribution in [0.15, 0.2) is 54.6 Å². The maximum absolute atomic E-state index is 12.3. The molecule has 1 aliphatic heterocycles. The van der Waals surface area contributed by atoms with Gasteiger partial charge in [-0.1, -0.05) is 30.3 Å². The van der Waals surface area contributed by atoms with Crippen LogP contribution in [0.4, 0.5) is 5.69 Å². The molecule has 1 aliphatic rings. The van der Waals surface area contributed by atoms with Crippen LogP contribution >= 0.6 is 0 Å². The lowest BCUT2D eigenvalue weighted by atomic mass is 10.1. The third kappa shape index (κ3) is 6.00. The molecule has 144 valence electrons. The van der Waals surface area contributed by atoms with E-state index in [1.165, 1.54) is 5.69 Å². The second-order valence-electron chi connectivity index (χ2n) is 6.78. The molecule has 0 radical (unpaired) electrons. The average molecular weight is 368 g/mol. The Labute approximate surface area is 161 Å². The molecule has 0 bridgehead atoms. The number of hydrogen-bond donors (Lipinski definition) is 0. The van der Waals surface area contributed by atoms with Crippen LogP contribution in [0.25, 0.3) is 0 Å². The molecule has 2 aromatic rings. The molecule has 2 aromatic carbocycles. The van der Waals surface area contributed by atoms with E-state index in [-0.39, 0.29) is 5.91 Å². The topological polar surface area (TPSA) is 42.0 Å². The van der Waals surface area contributed by atoms with Gasteiger partial charge in [-0.15, -0.1) is 0 Å². The number of morpholine rings is 1. The van der Waals surface area contributed by atoms with Gasteiger partial charge in [-0.3, -0.25) is 4.79 Å². The second kappa shape index (κ2) is 9.97. The van der Waals surface area contributed by atoms with Gasteiger partial charge in [-0.25, -0.2) is 0 Å². The third-order valence-electron chi connectivity index (χ3n) is 4.70. The lowest BCUT2D eigenvalue weighted by Crippen LogP contribution is -2.36. The Kier molecular flexibility index (Phi) is 7.11. The van der Waals surface area contributed by atoms with Crippen molar-refractivity contribution < 1.29 is 14.3 Å². The van der Waals surface area contributed by atoms with Gasteiger partial charge >= 0.3 is 0 Å². The number of para-hydroxylation sites is 1. The van der Waals surface area contributed by atoms with Crippen molar-refractivity contribution in [2.75, 3.05) is 44.9 Å². The van der Waals surface area contributed by atoms with Crippen LogP contribution in [-0.4, -0.2) is 50.8 Å². The number of rotatable bonds is 8. The monoisotopic (exact) mass is 368 g/mol. The number of hydrogen-bond acceptors (Lipinski definition) is 4. The molecule has 0 aliphatic carbocycles. The van der Waals surface area contributed by atoms with Gasteiger partial charge in [0.15, 0.2) is 0 Å². The van der Waals surface area contributed by atoms with Gasteiger partial charge in [0, 0.05) is 38.8 Å². The van der Waals surface area contributed by atoms with E-state index in [0.717, 1.165) is 37.6 Å². The van der Waals surface area contributed by atoms with Crippen LogP contribution in [0, 0.1) is 0 Å². The van der Waals surface area contributed by atoms with Crippen LogP contribution in [0.3, 0.4) is 0 Å². The molecule has 0 aromatic heterocycles. The minimum absolute atomic E-state index is 0.143. The zero-order valence-electron chi connectivity index (χ0n) is 16.0. The number of benzene rings is 2. The summed E-state index contributed by atoms with van der Waals surface area (Å²) < 4.78 is 11.0. The van der Waals surface area contributed by atoms with Crippen LogP contribution in [0.5, 0.6) is 5.75 Å². The Bertz CT molecular complexity index is 697. The highest BCUT2D eigenvalue weighted by Crippen LogP contribution is 2.17. The molecular formula is C22H28N2O3. The number of amides is 1. The first-order chi connectivity index (χ1) is 13.2. The van der Waals surface area contributed by atoms with E-state index in [2.05, 4.69) is 29.2 Å². The number of anilines is 1. The molecule has 0 unspecified atom stereocenters. The first-order valence-corrected chi connectivity index (χ1v) is 9.56. The van der Waals surface area contributed by atoms with Crippen molar-refractivity contribution in [1.82, 2.24) is 4.90 Å². The molecule has 1 saturated heterocycles. The fourth-order valence-electron chi connectivity index (χ4n) is 3.12. The van der Waals surface area contributed by atoms with Crippen molar-refractivity contribution in [1.29, 1.82) is 0 Å². The first-order valence-electron chi connectivity index (χ1n) is 9.56. The smallest absolute Gasteiger partial charge is 0.222 e. The highest BCUT2D eigenvalue weighted by atomic mass is 16.5. The van der Waals surface area contributed by atoms with E-state index in [4.69, 9.17) is 9.47 Å². The Balaban J connectivity index is 1.39. The second-order valence-corrected chi connectivity index (χ2v) is 6.78. The molecule has 0 spiro atoms. The Morgan fingerprint density at radius 2 is 1.78 bits per heavy atom. The number of carbonyl (C=O) groups excluding carboxylic acids is 1. The minimum atomic E-state index is 0.143. The first kappa shape index (κ1) is 19.2. The average Bonchev–Trinajstić information content (AvgIpc) is 2.73. The lowest BCUT2D eigenvalue weighted by molar-refractivity contribution is -0.130. The van der Waals surface area contributed by atoms with E-state index in [1.54, 1.807) is 4.90 Å². The van der Waals surface area contributed by atoms with Crippen LogP contribution in [-0.2, 0) is 16.1 Å². The predicted molar refractivity (Wildman–Crippen MR) is 107 cm³/mol. The fourth-order valence-corrected chi connectivity index (χ4v) is 3.12. The number of carbonyl (C=O) groups is 1. The van der Waals surface area contributed by atoms with Crippen molar-refractivity contribution in [3.8, 4) is 5.75 Å². The van der Waals surface area contributed by atoms with Gasteiger partial charge in [0.1, 0.15) is 5.75 Å². The number of nitrogens with zero attached hydrogens (tertiary/aromatic N) is 2. The Hall–Kier alpha value is -2.53. The van der Waals surface area contributed by atoms with Crippen molar-refractivity contribution >= 4 is 11.6 Å². The molecule has 0 saturated carbocycles. The summed E-state index contributed by atoms with van der Waals surface area (Å²) in [6.07, 6.45) is 1.21. The summed E-state index contributed by atoms with van der Waals surface area (Å²) in [4.78, 5) is 16.4. The molecule has 3 rings (SSSR count). The highest BCUT2D eigenvalue weighted by Gasteiger charge is 2.12. The largest absolute Gasteiger partial charge is 0.494 e. The fraction of sp³-hybridized carbons (Fsp3) is 0.409. The van der Waals surface area contributed by atoms with Crippen molar-refractivity contribution in [2.24, 2.45) is 0 Å². The molecule has 0 atom stereocenters. The summed E-state index contributed by atoms with van der Waals surface area (Å²) in [5.74, 6) is 0.988. The predicted octanol–water partition coefficient (Wildman–Crippen LogP) is 3.34. The van der Waals surface area contributed by atoms with Crippen LogP contribution in [0.1, 0.15) is 18.4 Å². The summed E-state index contributed by atoms with van der Waals surface area (Å²) in [6, 6.07) is 18.2. The van der Waals surface area contributed by atoms with Crippen LogP contribution < -0.4 is 9.64 Å². The van der Waals surface area contributed by atoms with E-state index in [9.17, 15) is 4.79 Å². The SMILES string of the molecule is CN(Cc1ccc(N2CCOCC2)cc1)C(=O)CCCOc1ccccc1. The highest BCUT2D eigenvalue weighted by molar-refractivity contribution is 5.75. The van der Waals surface area contributed by atoms with E-state index in [0.29, 0.717) is 26.0 Å². The quantitative estimate of drug-likeness (QED) is 0.670. The minimum Gasteiger partial charge on any atom is -0.494 e. The van der Waals surface area contributed by atoms with Gasteiger partial charge in [-0.05, 0) is 36.2 Å². The molecule has 5 nitrogen and oxygen atoms in total. The lowest BCUT2D eigenvalue weighted by Gasteiger charge is -2.29. The Morgan fingerprint density at radius 3 is 2.48 bits per heavy atom. The maximum Gasteiger partial charge on any atom is 0.222 e. The molecule has 5 heteroatoms. The molecule has 27 heavy (non-hydrogen) atoms. The molecule has 1 fully saturated rings. The third-order valence-corrected chi connectivity index (χ3v) is 4.70. The molecule has 0 N–H and O–H groups in total. The summed E-state index contributed by atoms with van der Waals surface area (Å²) in [7, 11) is 1.86. The molecule has 1 amide bonds. The molecular weight excluding hydrogens is 340 g/mol. The van der Waals surface area contributed by atoms with Crippen molar-refractivity contribution in [3.63, 3.8) is 0 Å². The normalized spacial score (nSPS) is 14.0. The standard InChI is InChI=1S/C22H28N2O3/c1-23(22(25)8-5-15-27-21-6-3-2-4-7-21)18-19-9-11-20(12-10-19)24-13-16-26-17-14-24/h2-4,6-7,9-12H,5,8,13-18H2,1H3. The van der Waals surface area contributed by atoms with E-state index >= 15 is 0 Å². The zero-order chi connectivity index (χ0) is 18.9. The van der Waals surface area contributed by atoms with Crippen LogP contribution in [0.2, 0.25) is 0 Å². The maximum atomic E-state index is 12.3. The van der Waals surface area contributed by atoms with Gasteiger partial charge in [-0.2, -0.15) is 0 Å². The van der Waals surface area contributed by atoms with Gasteiger partial charge < -0.3 is 19.3 Å². The van der Waals surface area contributed by atoms with Crippen molar-refractivity contribution in [2.45, 2.75) is 19.4 Å². The summed E-state index contributed by atoms with van der Waals surface area (Å²) in [5.41, 5.74) is 2.36. The van der Waals surface area contributed by atoms with Gasteiger partial charge in [0.05, 0.1) is 19.8 Å². The van der Waals surface area contributed by atoms with Crippen molar-refractivity contribution in [3.05, 3.63) is 60.2 Å². The zero-order valence-corrected chi connectivity index (χ0v) is 16.0. The van der Waals surface area contributed by atoms with Gasteiger partial charge in [0.2, 0.25) is 5.91 Å². The van der Waals surface area contributed by atoms with Gasteiger partial charge in [0.25, 0.3) is 0 Å². The van der Waals surface area contributed by atoms with E-state index < -0.39 is 0 Å². The van der Waals surface area contributed by atoms with E-state index in [1.807, 2.05) is 37.4 Å². The summed E-state index contributed by atoms with van der Waals surface area (Å²) >= 11 is 0. The molecule has 1 heterocycles. The Morgan fingerprint density at radius 1 is 1.07 bits per heavy atom. The summed E-state index contributed by atoms with van der Waals surface area (Å²) in [5, 5.41) is 0. The number of ether oxygens (including phenoxy) is 2.